The largest absolute Gasteiger partial charge is 0.382 e. The predicted octanol–water partition coefficient (Wildman–Crippen LogP) is 4.60. The van der Waals surface area contributed by atoms with Crippen LogP contribution in [0, 0.1) is 0 Å². The van der Waals surface area contributed by atoms with Crippen molar-refractivity contribution >= 4 is 23.1 Å². The Labute approximate surface area is 171 Å². The molecule has 1 amide bonds. The number of carbonyl (C=O) groups excluding carboxylic acids is 1. The third-order valence-corrected chi connectivity index (χ3v) is 4.56. The van der Waals surface area contributed by atoms with Gasteiger partial charge in [0.1, 0.15) is 0 Å². The van der Waals surface area contributed by atoms with Crippen molar-refractivity contribution in [2.24, 2.45) is 0 Å². The van der Waals surface area contributed by atoms with E-state index in [4.69, 9.17) is 5.73 Å². The molecule has 0 aliphatic carbocycles. The second kappa shape index (κ2) is 9.68. The summed E-state index contributed by atoms with van der Waals surface area (Å²) >= 11 is 0. The van der Waals surface area contributed by atoms with Gasteiger partial charge in [0.15, 0.2) is 11.5 Å². The molecule has 1 aromatic heterocycles. The Morgan fingerprint density at radius 3 is 2.28 bits per heavy atom. The number of rotatable bonds is 8. The van der Waals surface area contributed by atoms with E-state index in [0.717, 1.165) is 31.5 Å². The molecule has 3 rings (SSSR count). The molecule has 0 atom stereocenters. The smallest absolute Gasteiger partial charge is 0.278 e. The Kier molecular flexibility index (Phi) is 6.79. The summed E-state index contributed by atoms with van der Waals surface area (Å²) in [6.07, 6.45) is 3.80. The number of anilines is 3. The maximum atomic E-state index is 12.6. The first-order valence-corrected chi connectivity index (χ1v) is 9.96. The van der Waals surface area contributed by atoms with E-state index in [1.165, 1.54) is 5.69 Å². The van der Waals surface area contributed by atoms with Crippen LogP contribution < -0.4 is 16.0 Å². The number of carbonyl (C=O) groups is 1. The molecule has 0 unspecified atom stereocenters. The molecule has 0 aliphatic heterocycles. The number of benzene rings is 2. The van der Waals surface area contributed by atoms with Crippen LogP contribution in [0.25, 0.3) is 11.3 Å². The van der Waals surface area contributed by atoms with Crippen LogP contribution in [0.4, 0.5) is 17.2 Å². The van der Waals surface area contributed by atoms with Gasteiger partial charge in [-0.05, 0) is 37.1 Å². The van der Waals surface area contributed by atoms with Gasteiger partial charge in [0.2, 0.25) is 0 Å². The molecule has 150 valence electrons. The van der Waals surface area contributed by atoms with E-state index in [1.807, 2.05) is 42.5 Å². The number of hydrogen-bond donors (Lipinski definition) is 2. The van der Waals surface area contributed by atoms with E-state index in [9.17, 15) is 4.79 Å². The average Bonchev–Trinajstić information content (AvgIpc) is 2.75. The minimum absolute atomic E-state index is 0.107. The van der Waals surface area contributed by atoms with Crippen molar-refractivity contribution in [3.05, 3.63) is 66.5 Å². The van der Waals surface area contributed by atoms with Crippen LogP contribution in [0.1, 0.15) is 37.2 Å². The Morgan fingerprint density at radius 2 is 1.66 bits per heavy atom. The summed E-state index contributed by atoms with van der Waals surface area (Å²) in [5, 5.41) is 2.80. The van der Waals surface area contributed by atoms with Gasteiger partial charge in [0.05, 0.1) is 11.9 Å². The van der Waals surface area contributed by atoms with E-state index in [-0.39, 0.29) is 17.4 Å². The molecular formula is C23H27N5O. The zero-order valence-corrected chi connectivity index (χ0v) is 16.9. The summed E-state index contributed by atoms with van der Waals surface area (Å²) in [7, 11) is 0. The fourth-order valence-corrected chi connectivity index (χ4v) is 3.17. The second-order valence-corrected chi connectivity index (χ2v) is 6.84. The number of para-hydroxylation sites is 1. The van der Waals surface area contributed by atoms with Gasteiger partial charge in [-0.2, -0.15) is 0 Å². The van der Waals surface area contributed by atoms with E-state index in [0.29, 0.717) is 11.4 Å². The number of nitrogens with two attached hydrogens (primary N) is 1. The number of nitrogens with one attached hydrogen (secondary N) is 1. The molecule has 29 heavy (non-hydrogen) atoms. The van der Waals surface area contributed by atoms with Gasteiger partial charge in [0, 0.05) is 30.0 Å². The maximum Gasteiger partial charge on any atom is 0.278 e. The lowest BCUT2D eigenvalue weighted by Crippen LogP contribution is -2.24. The summed E-state index contributed by atoms with van der Waals surface area (Å²) in [6, 6.07) is 17.4. The first-order chi connectivity index (χ1) is 14.1. The Hall–Kier alpha value is -3.41. The molecule has 6 nitrogen and oxygen atoms in total. The zero-order chi connectivity index (χ0) is 20.6. The molecule has 0 radical (unpaired) electrons. The van der Waals surface area contributed by atoms with Gasteiger partial charge < -0.3 is 16.0 Å². The third-order valence-electron chi connectivity index (χ3n) is 4.56. The van der Waals surface area contributed by atoms with Gasteiger partial charge in [-0.1, -0.05) is 44.2 Å². The number of nitrogen functional groups attached to an aromatic ring is 1. The zero-order valence-electron chi connectivity index (χ0n) is 16.9. The SMILES string of the molecule is CCCN(CCC)c1ccc(-c2cnc(N)c(C(=O)Nc3ccccc3)n2)cc1. The third kappa shape index (κ3) is 5.10. The molecule has 2 aromatic carbocycles. The monoisotopic (exact) mass is 389 g/mol. The van der Waals surface area contributed by atoms with E-state index in [1.54, 1.807) is 6.20 Å². The lowest BCUT2D eigenvalue weighted by Gasteiger charge is -2.23. The van der Waals surface area contributed by atoms with Crippen LogP contribution in [-0.4, -0.2) is 29.0 Å². The highest BCUT2D eigenvalue weighted by atomic mass is 16.1. The summed E-state index contributed by atoms with van der Waals surface area (Å²) in [6.45, 7) is 6.42. The topological polar surface area (TPSA) is 84.1 Å². The van der Waals surface area contributed by atoms with Crippen LogP contribution in [0.5, 0.6) is 0 Å². The predicted molar refractivity (Wildman–Crippen MR) is 119 cm³/mol. The molecule has 0 spiro atoms. The molecule has 0 fully saturated rings. The van der Waals surface area contributed by atoms with Gasteiger partial charge >= 0.3 is 0 Å². The van der Waals surface area contributed by atoms with Crippen molar-refractivity contribution in [3.63, 3.8) is 0 Å². The molecule has 1 heterocycles. The molecule has 6 heteroatoms. The van der Waals surface area contributed by atoms with Crippen LogP contribution in [-0.2, 0) is 0 Å². The molecular weight excluding hydrogens is 362 g/mol. The van der Waals surface area contributed by atoms with Crippen molar-refractivity contribution < 1.29 is 4.79 Å². The number of aromatic nitrogens is 2. The second-order valence-electron chi connectivity index (χ2n) is 6.84. The molecule has 0 bridgehead atoms. The van der Waals surface area contributed by atoms with Gasteiger partial charge in [-0.15, -0.1) is 0 Å². The van der Waals surface area contributed by atoms with Crippen molar-refractivity contribution in [3.8, 4) is 11.3 Å². The van der Waals surface area contributed by atoms with Crippen LogP contribution in [0.3, 0.4) is 0 Å². The summed E-state index contributed by atoms with van der Waals surface area (Å²) in [5.41, 5.74) is 9.40. The normalized spacial score (nSPS) is 10.6. The van der Waals surface area contributed by atoms with Crippen molar-refractivity contribution in [2.45, 2.75) is 26.7 Å². The van der Waals surface area contributed by atoms with E-state index in [2.05, 4.69) is 46.2 Å². The van der Waals surface area contributed by atoms with E-state index < -0.39 is 0 Å². The number of amides is 1. The molecule has 0 saturated carbocycles. The summed E-state index contributed by atoms with van der Waals surface area (Å²) in [4.78, 5) is 23.6. The first kappa shape index (κ1) is 20.3. The van der Waals surface area contributed by atoms with Gasteiger partial charge in [-0.3, -0.25) is 4.79 Å². The summed E-state index contributed by atoms with van der Waals surface area (Å²) < 4.78 is 0. The highest BCUT2D eigenvalue weighted by Gasteiger charge is 2.15. The average molecular weight is 390 g/mol. The Morgan fingerprint density at radius 1 is 1.00 bits per heavy atom. The number of nitrogens with zero attached hydrogens (tertiary/aromatic N) is 3. The lowest BCUT2D eigenvalue weighted by molar-refractivity contribution is 0.102. The number of hydrogen-bond acceptors (Lipinski definition) is 5. The lowest BCUT2D eigenvalue weighted by atomic mass is 10.1. The van der Waals surface area contributed by atoms with Crippen LogP contribution >= 0.6 is 0 Å². The highest BCUT2D eigenvalue weighted by molar-refractivity contribution is 6.05. The highest BCUT2D eigenvalue weighted by Crippen LogP contribution is 2.23. The van der Waals surface area contributed by atoms with Crippen LogP contribution in [0.15, 0.2) is 60.8 Å². The van der Waals surface area contributed by atoms with Gasteiger partial charge in [0.25, 0.3) is 5.91 Å². The Bertz CT molecular complexity index is 935. The maximum absolute atomic E-state index is 12.6. The van der Waals surface area contributed by atoms with Crippen molar-refractivity contribution in [1.29, 1.82) is 0 Å². The standard InChI is InChI=1S/C23H27N5O/c1-3-14-28(15-4-2)19-12-10-17(11-13-19)20-16-25-22(24)21(27-20)23(29)26-18-8-6-5-7-9-18/h5-13,16H,3-4,14-15H2,1-2H3,(H2,24,25)(H,26,29). The van der Waals surface area contributed by atoms with Gasteiger partial charge in [-0.25, -0.2) is 9.97 Å². The molecule has 3 N–H and O–H groups in total. The first-order valence-electron chi connectivity index (χ1n) is 9.96. The minimum Gasteiger partial charge on any atom is -0.382 e. The van der Waals surface area contributed by atoms with Crippen LogP contribution in [0.2, 0.25) is 0 Å². The molecule has 0 saturated heterocycles. The molecule has 3 aromatic rings. The fraction of sp³-hybridized carbons (Fsp3) is 0.261. The van der Waals surface area contributed by atoms with E-state index >= 15 is 0 Å². The van der Waals surface area contributed by atoms with Crippen molar-refractivity contribution in [1.82, 2.24) is 9.97 Å². The fourth-order valence-electron chi connectivity index (χ4n) is 3.17. The summed E-state index contributed by atoms with van der Waals surface area (Å²) in [5.74, 6) is -0.271. The quantitative estimate of drug-likeness (QED) is 0.588. The minimum atomic E-state index is -0.378. The Balaban J connectivity index is 1.82. The van der Waals surface area contributed by atoms with Crippen molar-refractivity contribution in [2.75, 3.05) is 29.0 Å². The molecule has 0 aliphatic rings.